The zero-order chi connectivity index (χ0) is 12.0. The maximum absolute atomic E-state index is 10.9. The molecular weight excluding hydrogens is 230 g/mol. The standard InChI is InChI=1S/C10H6ClN3O2/c11-8-4-3-7(2-1-5-13-14-12)9(6-8)10(15)16/h3-4,6H,5H2,(H,15,16). The van der Waals surface area contributed by atoms with E-state index in [1.165, 1.54) is 12.1 Å². The average Bonchev–Trinajstić information content (AvgIpc) is 2.26. The molecule has 0 spiro atoms. The summed E-state index contributed by atoms with van der Waals surface area (Å²) < 4.78 is 0. The van der Waals surface area contributed by atoms with Crippen LogP contribution in [0, 0.1) is 11.8 Å². The lowest BCUT2D eigenvalue weighted by Gasteiger charge is -1.98. The fraction of sp³-hybridized carbons (Fsp3) is 0.100. The van der Waals surface area contributed by atoms with Crippen LogP contribution in [0.3, 0.4) is 0 Å². The normalized spacial score (nSPS) is 8.56. The number of benzene rings is 1. The van der Waals surface area contributed by atoms with Crippen LogP contribution in [0.2, 0.25) is 5.02 Å². The van der Waals surface area contributed by atoms with Crippen LogP contribution in [-0.4, -0.2) is 17.6 Å². The van der Waals surface area contributed by atoms with Gasteiger partial charge in [0, 0.05) is 15.5 Å². The molecule has 0 amide bonds. The quantitative estimate of drug-likeness (QED) is 0.370. The second-order valence-electron chi connectivity index (χ2n) is 2.69. The lowest BCUT2D eigenvalue weighted by Crippen LogP contribution is -1.99. The van der Waals surface area contributed by atoms with Crippen molar-refractivity contribution in [3.8, 4) is 11.8 Å². The first-order valence-electron chi connectivity index (χ1n) is 4.17. The maximum Gasteiger partial charge on any atom is 0.337 e. The molecule has 0 bridgehead atoms. The Kier molecular flexibility index (Phi) is 4.22. The molecule has 16 heavy (non-hydrogen) atoms. The molecule has 5 nitrogen and oxygen atoms in total. The van der Waals surface area contributed by atoms with Crippen molar-refractivity contribution in [1.82, 2.24) is 0 Å². The summed E-state index contributed by atoms with van der Waals surface area (Å²) in [6, 6.07) is 4.38. The van der Waals surface area contributed by atoms with Crippen LogP contribution in [0.4, 0.5) is 0 Å². The summed E-state index contributed by atoms with van der Waals surface area (Å²) in [4.78, 5) is 13.4. The van der Waals surface area contributed by atoms with Gasteiger partial charge in [-0.2, -0.15) is 0 Å². The molecule has 1 N–H and O–H groups in total. The average molecular weight is 236 g/mol. The molecule has 0 fully saturated rings. The van der Waals surface area contributed by atoms with Gasteiger partial charge in [-0.3, -0.25) is 0 Å². The second-order valence-corrected chi connectivity index (χ2v) is 3.12. The Morgan fingerprint density at radius 1 is 1.62 bits per heavy atom. The summed E-state index contributed by atoms with van der Waals surface area (Å²) in [5.74, 6) is 4.04. The number of carbonyl (C=O) groups is 1. The highest BCUT2D eigenvalue weighted by Gasteiger charge is 2.08. The van der Waals surface area contributed by atoms with E-state index < -0.39 is 5.97 Å². The monoisotopic (exact) mass is 235 g/mol. The zero-order valence-electron chi connectivity index (χ0n) is 8.01. The van der Waals surface area contributed by atoms with E-state index >= 15 is 0 Å². The first-order chi connectivity index (χ1) is 7.65. The molecule has 0 aliphatic carbocycles. The number of rotatable bonds is 2. The third kappa shape index (κ3) is 3.21. The minimum Gasteiger partial charge on any atom is -0.478 e. The van der Waals surface area contributed by atoms with Crippen molar-refractivity contribution in [3.05, 3.63) is 44.8 Å². The van der Waals surface area contributed by atoms with Crippen molar-refractivity contribution in [3.63, 3.8) is 0 Å². The number of carboxylic acid groups (broad SMARTS) is 1. The predicted octanol–water partition coefficient (Wildman–Crippen LogP) is 2.70. The Morgan fingerprint density at radius 3 is 3.00 bits per heavy atom. The van der Waals surface area contributed by atoms with Crippen molar-refractivity contribution in [1.29, 1.82) is 0 Å². The number of hydrogen-bond acceptors (Lipinski definition) is 2. The van der Waals surface area contributed by atoms with Gasteiger partial charge in [0.25, 0.3) is 0 Å². The summed E-state index contributed by atoms with van der Waals surface area (Å²) in [5.41, 5.74) is 8.39. The summed E-state index contributed by atoms with van der Waals surface area (Å²) in [6.07, 6.45) is 0. The SMILES string of the molecule is [N-]=[N+]=NCC#Cc1ccc(Cl)cc1C(=O)O. The van der Waals surface area contributed by atoms with Crippen LogP contribution < -0.4 is 0 Å². The van der Waals surface area contributed by atoms with Crippen LogP contribution in [-0.2, 0) is 0 Å². The molecule has 0 unspecified atom stereocenters. The van der Waals surface area contributed by atoms with Crippen molar-refractivity contribution < 1.29 is 9.90 Å². The number of azide groups is 1. The Hall–Kier alpha value is -2.15. The van der Waals surface area contributed by atoms with Crippen molar-refractivity contribution >= 4 is 17.6 Å². The minimum absolute atomic E-state index is 0.00180. The Bertz CT molecular complexity index is 525. The Labute approximate surface area is 96.3 Å². The fourth-order valence-corrected chi connectivity index (χ4v) is 1.18. The molecule has 0 atom stereocenters. The van der Waals surface area contributed by atoms with Crippen molar-refractivity contribution in [2.24, 2.45) is 5.11 Å². The van der Waals surface area contributed by atoms with Gasteiger partial charge in [0.15, 0.2) is 0 Å². The van der Waals surface area contributed by atoms with E-state index in [1.54, 1.807) is 6.07 Å². The molecular formula is C10H6ClN3O2. The van der Waals surface area contributed by atoms with Crippen LogP contribution in [0.1, 0.15) is 15.9 Å². The van der Waals surface area contributed by atoms with Gasteiger partial charge >= 0.3 is 5.97 Å². The van der Waals surface area contributed by atoms with Crippen LogP contribution in [0.25, 0.3) is 10.4 Å². The van der Waals surface area contributed by atoms with Gasteiger partial charge in [-0.05, 0) is 23.7 Å². The fourth-order valence-electron chi connectivity index (χ4n) is 1.00. The number of nitrogens with zero attached hydrogens (tertiary/aromatic N) is 3. The lowest BCUT2D eigenvalue weighted by molar-refractivity contribution is 0.0696. The summed E-state index contributed by atoms with van der Waals surface area (Å²) >= 11 is 5.67. The highest BCUT2D eigenvalue weighted by atomic mass is 35.5. The molecule has 0 aromatic heterocycles. The van der Waals surface area contributed by atoms with Crippen molar-refractivity contribution in [2.75, 3.05) is 6.54 Å². The van der Waals surface area contributed by atoms with Gasteiger partial charge in [-0.15, -0.1) is 0 Å². The van der Waals surface area contributed by atoms with Gasteiger partial charge in [-0.25, -0.2) is 4.79 Å². The summed E-state index contributed by atoms with van der Waals surface area (Å²) in [7, 11) is 0. The molecule has 1 aromatic rings. The van der Waals surface area contributed by atoms with Gasteiger partial charge < -0.3 is 5.11 Å². The van der Waals surface area contributed by atoms with E-state index in [2.05, 4.69) is 21.9 Å². The van der Waals surface area contributed by atoms with Gasteiger partial charge in [-0.1, -0.05) is 28.6 Å². The lowest BCUT2D eigenvalue weighted by atomic mass is 10.1. The minimum atomic E-state index is -1.10. The van der Waals surface area contributed by atoms with Crippen LogP contribution in [0.5, 0.6) is 0 Å². The number of halogens is 1. The van der Waals surface area contributed by atoms with E-state index in [1.807, 2.05) is 0 Å². The Balaban J connectivity index is 3.06. The summed E-state index contributed by atoms with van der Waals surface area (Å²) in [6.45, 7) is -0.00180. The Morgan fingerprint density at radius 2 is 2.38 bits per heavy atom. The van der Waals surface area contributed by atoms with Gasteiger partial charge in [0.05, 0.1) is 12.1 Å². The van der Waals surface area contributed by atoms with E-state index in [9.17, 15) is 4.79 Å². The van der Waals surface area contributed by atoms with Gasteiger partial charge in [0.1, 0.15) is 0 Å². The molecule has 1 aromatic carbocycles. The van der Waals surface area contributed by atoms with E-state index in [0.717, 1.165) is 0 Å². The maximum atomic E-state index is 10.9. The molecule has 0 saturated carbocycles. The van der Waals surface area contributed by atoms with E-state index in [4.69, 9.17) is 22.2 Å². The third-order valence-corrected chi connectivity index (χ3v) is 1.88. The third-order valence-electron chi connectivity index (χ3n) is 1.65. The molecule has 1 rings (SSSR count). The smallest absolute Gasteiger partial charge is 0.337 e. The number of aromatic carboxylic acids is 1. The van der Waals surface area contributed by atoms with E-state index in [0.29, 0.717) is 10.6 Å². The largest absolute Gasteiger partial charge is 0.478 e. The highest BCUT2D eigenvalue weighted by molar-refractivity contribution is 6.31. The molecule has 0 aliphatic rings. The number of hydrogen-bond donors (Lipinski definition) is 1. The molecule has 0 aliphatic heterocycles. The predicted molar refractivity (Wildman–Crippen MR) is 59.3 cm³/mol. The molecule has 0 heterocycles. The van der Waals surface area contributed by atoms with Gasteiger partial charge in [0.2, 0.25) is 0 Å². The van der Waals surface area contributed by atoms with E-state index in [-0.39, 0.29) is 12.1 Å². The zero-order valence-corrected chi connectivity index (χ0v) is 8.77. The summed E-state index contributed by atoms with van der Waals surface area (Å²) in [5, 5.41) is 12.4. The first-order valence-corrected chi connectivity index (χ1v) is 4.55. The molecule has 0 radical (unpaired) electrons. The molecule has 6 heteroatoms. The first kappa shape index (κ1) is 11.9. The second kappa shape index (κ2) is 5.66. The molecule has 80 valence electrons. The topological polar surface area (TPSA) is 86.1 Å². The number of carboxylic acids is 1. The van der Waals surface area contributed by atoms with Crippen molar-refractivity contribution in [2.45, 2.75) is 0 Å². The highest BCUT2D eigenvalue weighted by Crippen LogP contribution is 2.15. The van der Waals surface area contributed by atoms with Crippen LogP contribution >= 0.6 is 11.6 Å². The molecule has 0 saturated heterocycles. The van der Waals surface area contributed by atoms with Crippen LogP contribution in [0.15, 0.2) is 23.3 Å².